The normalized spacial score (nSPS) is 11.4. The summed E-state index contributed by atoms with van der Waals surface area (Å²) in [5, 5.41) is 2.61. The molecule has 1 amide bonds. The largest absolute Gasteiger partial charge is 0.445 e. The van der Waals surface area contributed by atoms with E-state index in [4.69, 9.17) is 4.74 Å². The van der Waals surface area contributed by atoms with E-state index >= 15 is 0 Å². The van der Waals surface area contributed by atoms with E-state index in [0.29, 0.717) is 13.2 Å². The Morgan fingerprint density at radius 2 is 2.00 bits per heavy atom. The van der Waals surface area contributed by atoms with Crippen molar-refractivity contribution in [3.8, 4) is 11.1 Å². The van der Waals surface area contributed by atoms with Gasteiger partial charge in [0.2, 0.25) is 0 Å². The predicted octanol–water partition coefficient (Wildman–Crippen LogP) is 3.67. The van der Waals surface area contributed by atoms with Gasteiger partial charge in [-0.25, -0.2) is 4.79 Å². The number of hydrogen-bond donors (Lipinski definition) is 1. The molecule has 2 aromatic carbocycles. The van der Waals surface area contributed by atoms with Crippen molar-refractivity contribution in [2.24, 2.45) is 0 Å². The minimum Gasteiger partial charge on any atom is -0.445 e. The average Bonchev–Trinajstić information content (AvgIpc) is 2.90. The van der Waals surface area contributed by atoms with E-state index in [-0.39, 0.29) is 0 Å². The van der Waals surface area contributed by atoms with Gasteiger partial charge in [0.1, 0.15) is 6.61 Å². The number of rotatable bonds is 4. The van der Waals surface area contributed by atoms with Crippen molar-refractivity contribution in [1.82, 2.24) is 5.32 Å². The van der Waals surface area contributed by atoms with Gasteiger partial charge >= 0.3 is 6.09 Å². The molecule has 1 aliphatic carbocycles. The highest BCUT2D eigenvalue weighted by Gasteiger charge is 2.20. The quantitative estimate of drug-likeness (QED) is 0.740. The van der Waals surface area contributed by atoms with Gasteiger partial charge in [0, 0.05) is 6.54 Å². The van der Waals surface area contributed by atoms with Crippen molar-refractivity contribution in [3.05, 3.63) is 71.8 Å². The number of fused-ring (bicyclic) bond motifs is 3. The molecule has 0 fully saturated rings. The van der Waals surface area contributed by atoms with Gasteiger partial charge in [0.05, 0.1) is 0 Å². The van der Waals surface area contributed by atoms with Gasteiger partial charge in [-0.2, -0.15) is 0 Å². The molecule has 0 radical (unpaired) electrons. The summed E-state index contributed by atoms with van der Waals surface area (Å²) in [4.78, 5) is 11.5. The van der Waals surface area contributed by atoms with E-state index in [1.165, 1.54) is 22.3 Å². The molecule has 0 saturated heterocycles. The molecule has 21 heavy (non-hydrogen) atoms. The predicted molar refractivity (Wildman–Crippen MR) is 83.1 cm³/mol. The third-order valence-electron chi connectivity index (χ3n) is 3.70. The fourth-order valence-electron chi connectivity index (χ4n) is 2.71. The average molecular weight is 279 g/mol. The molecule has 0 spiro atoms. The van der Waals surface area contributed by atoms with E-state index in [9.17, 15) is 4.79 Å². The fraction of sp³-hybridized carbons (Fsp3) is 0.167. The molecule has 0 saturated carbocycles. The Morgan fingerprint density at radius 3 is 2.86 bits per heavy atom. The summed E-state index contributed by atoms with van der Waals surface area (Å²) in [7, 11) is 0. The number of amides is 1. The van der Waals surface area contributed by atoms with Crippen molar-refractivity contribution in [3.63, 3.8) is 0 Å². The first-order valence-electron chi connectivity index (χ1n) is 7.00. The number of carbonyl (C=O) groups is 1. The lowest BCUT2D eigenvalue weighted by molar-refractivity contribution is 0.140. The van der Waals surface area contributed by atoms with E-state index in [1.807, 2.05) is 12.1 Å². The summed E-state index contributed by atoms with van der Waals surface area (Å²) < 4.78 is 5.26. The first-order chi connectivity index (χ1) is 10.3. The fourth-order valence-corrected chi connectivity index (χ4v) is 2.71. The van der Waals surface area contributed by atoms with Gasteiger partial charge in [-0.15, -0.1) is 6.58 Å². The van der Waals surface area contributed by atoms with Crippen molar-refractivity contribution >= 4 is 6.09 Å². The van der Waals surface area contributed by atoms with Crippen LogP contribution in [-0.2, 0) is 17.8 Å². The molecular formula is C18H17NO2. The third-order valence-corrected chi connectivity index (χ3v) is 3.70. The molecule has 0 heterocycles. The first-order valence-corrected chi connectivity index (χ1v) is 7.00. The van der Waals surface area contributed by atoms with Gasteiger partial charge in [-0.3, -0.25) is 0 Å². The Balaban J connectivity index is 1.77. The van der Waals surface area contributed by atoms with Crippen molar-refractivity contribution < 1.29 is 9.53 Å². The van der Waals surface area contributed by atoms with Crippen LogP contribution in [0, 0.1) is 0 Å². The molecular weight excluding hydrogens is 262 g/mol. The Kier molecular flexibility index (Phi) is 3.73. The number of ether oxygens (including phenoxy) is 1. The molecule has 0 bridgehead atoms. The topological polar surface area (TPSA) is 38.3 Å². The van der Waals surface area contributed by atoms with Gasteiger partial charge in [0.25, 0.3) is 0 Å². The van der Waals surface area contributed by atoms with Crippen molar-refractivity contribution in [2.75, 3.05) is 6.54 Å². The van der Waals surface area contributed by atoms with Crippen molar-refractivity contribution in [2.45, 2.75) is 13.0 Å². The van der Waals surface area contributed by atoms with E-state index in [0.717, 1.165) is 12.0 Å². The van der Waals surface area contributed by atoms with E-state index in [1.54, 1.807) is 6.08 Å². The van der Waals surface area contributed by atoms with E-state index in [2.05, 4.69) is 42.2 Å². The zero-order chi connectivity index (χ0) is 14.7. The molecule has 1 N–H and O–H groups in total. The summed E-state index contributed by atoms with van der Waals surface area (Å²) in [5.41, 5.74) is 6.19. The summed E-state index contributed by atoms with van der Waals surface area (Å²) in [5.74, 6) is 0. The zero-order valence-electron chi connectivity index (χ0n) is 11.8. The molecule has 2 aromatic rings. The van der Waals surface area contributed by atoms with Crippen LogP contribution in [0.4, 0.5) is 4.79 Å². The maximum Gasteiger partial charge on any atom is 0.407 e. The van der Waals surface area contributed by atoms with Crippen LogP contribution in [0.5, 0.6) is 0 Å². The number of nitrogens with one attached hydrogen (secondary N) is 1. The summed E-state index contributed by atoms with van der Waals surface area (Å²) in [6.45, 7) is 4.26. The third kappa shape index (κ3) is 2.68. The Labute approximate surface area is 124 Å². The van der Waals surface area contributed by atoms with Crippen LogP contribution in [0.25, 0.3) is 11.1 Å². The van der Waals surface area contributed by atoms with Crippen LogP contribution < -0.4 is 5.32 Å². The minimum atomic E-state index is -0.414. The number of hydrogen-bond acceptors (Lipinski definition) is 2. The van der Waals surface area contributed by atoms with Crippen LogP contribution in [0.3, 0.4) is 0 Å². The molecule has 0 atom stereocenters. The Morgan fingerprint density at radius 1 is 1.19 bits per heavy atom. The summed E-state index contributed by atoms with van der Waals surface area (Å²) in [6, 6.07) is 14.6. The second kappa shape index (κ2) is 5.83. The van der Waals surface area contributed by atoms with Gasteiger partial charge in [0.15, 0.2) is 0 Å². The summed E-state index contributed by atoms with van der Waals surface area (Å²) in [6.07, 6.45) is 2.11. The highest BCUT2D eigenvalue weighted by Crippen LogP contribution is 2.38. The molecule has 0 unspecified atom stereocenters. The monoisotopic (exact) mass is 279 g/mol. The second-order valence-electron chi connectivity index (χ2n) is 5.02. The Hall–Kier alpha value is -2.55. The zero-order valence-corrected chi connectivity index (χ0v) is 11.8. The van der Waals surface area contributed by atoms with Crippen LogP contribution >= 0.6 is 0 Å². The molecule has 106 valence electrons. The molecule has 0 aliphatic heterocycles. The Bertz CT molecular complexity index is 691. The summed E-state index contributed by atoms with van der Waals surface area (Å²) >= 11 is 0. The smallest absolute Gasteiger partial charge is 0.407 e. The minimum absolute atomic E-state index is 0.292. The van der Waals surface area contributed by atoms with Crippen LogP contribution in [-0.4, -0.2) is 12.6 Å². The molecule has 3 nitrogen and oxygen atoms in total. The lowest BCUT2D eigenvalue weighted by atomic mass is 10.0. The maximum atomic E-state index is 11.5. The maximum absolute atomic E-state index is 11.5. The molecule has 3 rings (SSSR count). The second-order valence-corrected chi connectivity index (χ2v) is 5.02. The number of alkyl carbamates (subject to hydrolysis) is 1. The highest BCUT2D eigenvalue weighted by molar-refractivity contribution is 5.78. The SMILES string of the molecule is C=CCNC(=O)OCc1cccc2c1Cc1ccccc1-2. The van der Waals surface area contributed by atoms with Gasteiger partial charge < -0.3 is 10.1 Å². The van der Waals surface area contributed by atoms with Crippen LogP contribution in [0.2, 0.25) is 0 Å². The van der Waals surface area contributed by atoms with Gasteiger partial charge in [-0.1, -0.05) is 48.5 Å². The first kappa shape index (κ1) is 13.4. The standard InChI is InChI=1S/C18H17NO2/c1-2-10-19-18(20)21-12-14-7-5-9-16-15-8-4-3-6-13(15)11-17(14)16/h2-9H,1,10-12H2,(H,19,20). The number of benzene rings is 2. The lowest BCUT2D eigenvalue weighted by Crippen LogP contribution is -2.24. The molecule has 3 heteroatoms. The highest BCUT2D eigenvalue weighted by atomic mass is 16.5. The molecule has 1 aliphatic rings. The van der Waals surface area contributed by atoms with Crippen LogP contribution in [0.1, 0.15) is 16.7 Å². The van der Waals surface area contributed by atoms with Crippen LogP contribution in [0.15, 0.2) is 55.1 Å². The van der Waals surface area contributed by atoms with E-state index < -0.39 is 6.09 Å². The lowest BCUT2D eigenvalue weighted by Gasteiger charge is -2.09. The van der Waals surface area contributed by atoms with Crippen molar-refractivity contribution in [1.29, 1.82) is 0 Å². The molecule has 0 aromatic heterocycles. The van der Waals surface area contributed by atoms with Gasteiger partial charge in [-0.05, 0) is 34.2 Å². The number of carbonyl (C=O) groups excluding carboxylic acids is 1.